The Morgan fingerprint density at radius 2 is 1.51 bits per heavy atom. The second-order valence-electron chi connectivity index (χ2n) is 11.1. The number of alkyl halides is 1. The molecule has 1 heterocycles. The zero-order valence-electron chi connectivity index (χ0n) is 24.4. The van der Waals surface area contributed by atoms with E-state index in [1.165, 1.54) is 49.3 Å². The molecule has 0 aliphatic heterocycles. The number of aryl methyl sites for hydroxylation is 1. The third-order valence-corrected chi connectivity index (χ3v) is 8.04. The first-order valence-corrected chi connectivity index (χ1v) is 15.9. The number of hydrogen-bond donors (Lipinski definition) is 2. The van der Waals surface area contributed by atoms with E-state index in [2.05, 4.69) is 24.4 Å². The number of unbranched alkanes of at least 4 members (excludes halogenated alkanes) is 6. The van der Waals surface area contributed by atoms with Crippen LogP contribution in [0.15, 0.2) is 53.3 Å². The maximum atomic E-state index is 12.9. The first-order chi connectivity index (χ1) is 19.7. The van der Waals surface area contributed by atoms with Gasteiger partial charge in [-0.3, -0.25) is 20.1 Å². The summed E-state index contributed by atoms with van der Waals surface area (Å²) in [5.41, 5.74) is 4.58. The second kappa shape index (κ2) is 16.9. The number of carbonyl (C=O) groups excluding carboxylic acids is 1. The minimum atomic E-state index is -0.345. The van der Waals surface area contributed by atoms with Crippen molar-refractivity contribution in [3.05, 3.63) is 74.5 Å². The van der Waals surface area contributed by atoms with Crippen LogP contribution >= 0.6 is 34.8 Å². The summed E-state index contributed by atoms with van der Waals surface area (Å²) < 4.78 is 1.29. The van der Waals surface area contributed by atoms with Crippen LogP contribution < -0.4 is 16.0 Å². The molecule has 41 heavy (non-hydrogen) atoms. The lowest BCUT2D eigenvalue weighted by Gasteiger charge is -2.23. The Balaban J connectivity index is 1.50. The highest BCUT2D eigenvalue weighted by Gasteiger charge is 2.19. The topological polar surface area (TPSA) is 70.1 Å². The number of rotatable bonds is 17. The van der Waals surface area contributed by atoms with Gasteiger partial charge in [-0.25, -0.2) is 9.69 Å². The smallest absolute Gasteiger partial charge is 0.273 e. The average molecular weight is 622 g/mol. The number of aromatic amines is 1. The third kappa shape index (κ3) is 10.7. The number of nitrogens with zero attached hydrogens (tertiary/aromatic N) is 2. The van der Waals surface area contributed by atoms with Crippen LogP contribution in [0.25, 0.3) is 5.69 Å². The highest BCUT2D eigenvalue weighted by atomic mass is 35.5. The van der Waals surface area contributed by atoms with Crippen LogP contribution in [-0.4, -0.2) is 21.1 Å². The fraction of sp³-hybridized carbons (Fsp3) is 0.500. The number of anilines is 2. The molecule has 224 valence electrons. The van der Waals surface area contributed by atoms with E-state index in [0.717, 1.165) is 37.2 Å². The molecule has 0 aliphatic carbocycles. The Morgan fingerprint density at radius 1 is 0.902 bits per heavy atom. The van der Waals surface area contributed by atoms with Gasteiger partial charge in [-0.2, -0.15) is 0 Å². The van der Waals surface area contributed by atoms with E-state index < -0.39 is 0 Å². The van der Waals surface area contributed by atoms with E-state index in [-0.39, 0.29) is 16.8 Å². The predicted molar refractivity (Wildman–Crippen MR) is 173 cm³/mol. The van der Waals surface area contributed by atoms with Gasteiger partial charge in [0.1, 0.15) is 5.69 Å². The molecule has 0 radical (unpaired) electrons. The van der Waals surface area contributed by atoms with Crippen LogP contribution in [0.5, 0.6) is 0 Å². The number of carbonyl (C=O) groups is 1. The number of nitrogens with one attached hydrogen (secondary N) is 2. The molecule has 2 atom stereocenters. The number of para-hydroxylation sites is 1. The molecule has 0 bridgehead atoms. The molecular weight excluding hydrogens is 579 g/mol. The standard InChI is InChI=1S/C32H43Cl3N4O2/c1-23(18-19-25(3)33)14-10-7-5-4-6-8-13-17-30(40)37-38(26-15-11-9-12-16-26)29-22-31(41)39(36-29)32-27(34)20-24(2)21-28(32)35/h9,11-12,15-16,20-23,25,36H,4-8,10,13-14,17-19H2,1-3H3,(H,37,40). The Hall–Kier alpha value is -2.41. The summed E-state index contributed by atoms with van der Waals surface area (Å²) in [6.07, 6.45) is 11.9. The lowest BCUT2D eigenvalue weighted by atomic mass is 9.97. The van der Waals surface area contributed by atoms with E-state index in [9.17, 15) is 9.59 Å². The molecule has 3 rings (SSSR count). The van der Waals surface area contributed by atoms with Crippen LogP contribution in [0.1, 0.15) is 90.0 Å². The van der Waals surface area contributed by atoms with Gasteiger partial charge in [0, 0.05) is 17.9 Å². The fourth-order valence-corrected chi connectivity index (χ4v) is 5.80. The number of benzene rings is 2. The zero-order chi connectivity index (χ0) is 29.8. The SMILES string of the molecule is Cc1cc(Cl)c(-n2[nH]c(N(NC(=O)CCCCCCCCCC(C)CCC(C)Cl)c3ccccc3)cc2=O)c(Cl)c1. The van der Waals surface area contributed by atoms with E-state index in [0.29, 0.717) is 33.7 Å². The quantitative estimate of drug-likeness (QED) is 0.0896. The van der Waals surface area contributed by atoms with Crippen molar-refractivity contribution in [2.75, 3.05) is 5.01 Å². The van der Waals surface area contributed by atoms with Gasteiger partial charge in [-0.05, 0) is 68.9 Å². The van der Waals surface area contributed by atoms with Gasteiger partial charge in [-0.1, -0.05) is 93.3 Å². The minimum Gasteiger partial charge on any atom is -0.274 e. The zero-order valence-corrected chi connectivity index (χ0v) is 26.7. The highest BCUT2D eigenvalue weighted by molar-refractivity contribution is 6.37. The number of amides is 1. The highest BCUT2D eigenvalue weighted by Crippen LogP contribution is 2.30. The number of aromatic nitrogens is 2. The Morgan fingerprint density at radius 3 is 2.15 bits per heavy atom. The largest absolute Gasteiger partial charge is 0.274 e. The van der Waals surface area contributed by atoms with Crippen LogP contribution in [0.3, 0.4) is 0 Å². The minimum absolute atomic E-state index is 0.117. The first-order valence-electron chi connectivity index (χ1n) is 14.7. The molecule has 0 saturated carbocycles. The molecule has 0 fully saturated rings. The Kier molecular flexibility index (Phi) is 13.6. The van der Waals surface area contributed by atoms with Crippen LogP contribution in [-0.2, 0) is 4.79 Å². The number of hydrogen-bond acceptors (Lipinski definition) is 3. The molecule has 0 aliphatic rings. The van der Waals surface area contributed by atoms with Crippen LogP contribution in [0.4, 0.5) is 11.5 Å². The summed E-state index contributed by atoms with van der Waals surface area (Å²) in [7, 11) is 0. The van der Waals surface area contributed by atoms with Gasteiger partial charge in [0.25, 0.3) is 5.56 Å². The Bertz CT molecular complexity index is 1270. The van der Waals surface area contributed by atoms with Gasteiger partial charge in [0.15, 0.2) is 5.82 Å². The molecule has 9 heteroatoms. The van der Waals surface area contributed by atoms with Gasteiger partial charge in [0.2, 0.25) is 5.91 Å². The number of H-pyrrole nitrogens is 1. The van der Waals surface area contributed by atoms with Gasteiger partial charge in [-0.15, -0.1) is 11.6 Å². The summed E-state index contributed by atoms with van der Waals surface area (Å²) in [5.74, 6) is 1.03. The summed E-state index contributed by atoms with van der Waals surface area (Å²) >= 11 is 18.9. The van der Waals surface area contributed by atoms with E-state index >= 15 is 0 Å². The summed E-state index contributed by atoms with van der Waals surface area (Å²) in [5, 5.41) is 5.63. The van der Waals surface area contributed by atoms with Crippen molar-refractivity contribution in [2.45, 2.75) is 96.8 Å². The van der Waals surface area contributed by atoms with Gasteiger partial charge in [0.05, 0.1) is 15.7 Å². The lowest BCUT2D eigenvalue weighted by Crippen LogP contribution is -2.39. The molecule has 6 nitrogen and oxygen atoms in total. The van der Waals surface area contributed by atoms with Gasteiger partial charge >= 0.3 is 0 Å². The average Bonchev–Trinajstić information content (AvgIpc) is 3.30. The van der Waals surface area contributed by atoms with E-state index in [4.69, 9.17) is 34.8 Å². The van der Waals surface area contributed by atoms with Crippen LogP contribution in [0.2, 0.25) is 10.0 Å². The van der Waals surface area contributed by atoms with Crippen molar-refractivity contribution >= 4 is 52.2 Å². The summed E-state index contributed by atoms with van der Waals surface area (Å²) in [6.45, 7) is 6.27. The van der Waals surface area contributed by atoms with Crippen molar-refractivity contribution in [1.82, 2.24) is 15.2 Å². The number of hydrazine groups is 1. The van der Waals surface area contributed by atoms with Crippen molar-refractivity contribution < 1.29 is 4.79 Å². The van der Waals surface area contributed by atoms with Crippen molar-refractivity contribution in [3.63, 3.8) is 0 Å². The molecule has 2 N–H and O–H groups in total. The van der Waals surface area contributed by atoms with E-state index in [1.54, 1.807) is 17.1 Å². The van der Waals surface area contributed by atoms with Crippen molar-refractivity contribution in [3.8, 4) is 5.69 Å². The molecule has 0 saturated heterocycles. The lowest BCUT2D eigenvalue weighted by molar-refractivity contribution is -0.121. The molecule has 0 spiro atoms. The summed E-state index contributed by atoms with van der Waals surface area (Å²) in [6, 6.07) is 14.3. The molecular formula is C32H43Cl3N4O2. The van der Waals surface area contributed by atoms with Crippen molar-refractivity contribution in [2.24, 2.45) is 5.92 Å². The van der Waals surface area contributed by atoms with Gasteiger partial charge < -0.3 is 0 Å². The molecule has 3 aromatic rings. The maximum absolute atomic E-state index is 12.9. The predicted octanol–water partition coefficient (Wildman–Crippen LogP) is 9.50. The second-order valence-corrected chi connectivity index (χ2v) is 12.6. The molecule has 2 unspecified atom stereocenters. The normalized spacial score (nSPS) is 12.7. The Labute approximate surface area is 259 Å². The molecule has 1 amide bonds. The first kappa shape index (κ1) is 33.1. The third-order valence-electron chi connectivity index (χ3n) is 7.24. The molecule has 1 aromatic heterocycles. The molecule has 2 aromatic carbocycles. The fourth-order valence-electron chi connectivity index (χ4n) is 4.91. The van der Waals surface area contributed by atoms with Crippen LogP contribution in [0, 0.1) is 12.8 Å². The number of halogens is 3. The summed E-state index contributed by atoms with van der Waals surface area (Å²) in [4.78, 5) is 25.9. The maximum Gasteiger partial charge on any atom is 0.273 e. The van der Waals surface area contributed by atoms with Crippen molar-refractivity contribution in [1.29, 1.82) is 0 Å². The monoisotopic (exact) mass is 620 g/mol. The van der Waals surface area contributed by atoms with E-state index in [1.807, 2.05) is 37.3 Å².